The van der Waals surface area contributed by atoms with Crippen LogP contribution in [0.4, 0.5) is 0 Å². The van der Waals surface area contributed by atoms with E-state index in [9.17, 15) is 9.59 Å². The molecule has 0 N–H and O–H groups in total. The molecule has 2 atom stereocenters. The van der Waals surface area contributed by atoms with Crippen molar-refractivity contribution in [1.29, 1.82) is 0 Å². The number of carbonyl (C=O) groups excluding carboxylic acids is 2. The number of fused-ring (bicyclic) bond motifs is 1. The molecule has 0 fully saturated rings. The third-order valence-electron chi connectivity index (χ3n) is 6.27. The van der Waals surface area contributed by atoms with Crippen molar-refractivity contribution in [2.45, 2.75) is 38.6 Å². The summed E-state index contributed by atoms with van der Waals surface area (Å²) in [7, 11) is 3.14. The van der Waals surface area contributed by atoms with Gasteiger partial charge in [0.15, 0.2) is 41.5 Å². The Morgan fingerprint density at radius 3 is 2.39 bits per heavy atom. The topological polar surface area (TPSA) is 56.5 Å². The number of benzene rings is 2. The molecule has 1 aromatic heterocycles. The largest absolute Gasteiger partial charge is 1.00 e. The number of rotatable bonds is 7. The first-order valence-electron chi connectivity index (χ1n) is 10.8. The minimum Gasteiger partial charge on any atom is -1.00 e. The van der Waals surface area contributed by atoms with Crippen molar-refractivity contribution in [3.05, 3.63) is 88.7 Å². The molecule has 0 aliphatic heterocycles. The van der Waals surface area contributed by atoms with Crippen molar-refractivity contribution < 1.29 is 40.6 Å². The minimum absolute atomic E-state index is 0. The predicted octanol–water partition coefficient (Wildman–Crippen LogP) is 1.52. The Balaban J connectivity index is 0.00000306. The van der Waals surface area contributed by atoms with E-state index in [-0.39, 0.29) is 40.5 Å². The van der Waals surface area contributed by atoms with Crippen molar-refractivity contribution in [3.8, 4) is 11.5 Å². The Morgan fingerprint density at radius 1 is 1.09 bits per heavy atom. The van der Waals surface area contributed by atoms with E-state index in [1.54, 1.807) is 27.2 Å². The second-order valence-corrected chi connectivity index (χ2v) is 8.34. The van der Waals surface area contributed by atoms with E-state index in [1.807, 2.05) is 42.7 Å². The van der Waals surface area contributed by atoms with Crippen LogP contribution in [0, 0.1) is 0 Å². The number of ketones is 2. The monoisotopic (exact) mass is 509 g/mol. The molecule has 4 rings (SSSR count). The molecule has 0 amide bonds. The Kier molecular flexibility index (Phi) is 7.69. The zero-order chi connectivity index (χ0) is 22.8. The van der Waals surface area contributed by atoms with Crippen molar-refractivity contribution in [3.63, 3.8) is 0 Å². The quantitative estimate of drug-likeness (QED) is 0.358. The molecule has 172 valence electrons. The lowest BCUT2D eigenvalue weighted by Gasteiger charge is -2.14. The summed E-state index contributed by atoms with van der Waals surface area (Å²) < 4.78 is 12.8. The second kappa shape index (κ2) is 10.3. The lowest BCUT2D eigenvalue weighted by atomic mass is 9.90. The zero-order valence-corrected chi connectivity index (χ0v) is 20.9. The van der Waals surface area contributed by atoms with Gasteiger partial charge in [0.2, 0.25) is 0 Å². The molecule has 2 unspecified atom stereocenters. The van der Waals surface area contributed by atoms with Gasteiger partial charge in [0, 0.05) is 18.1 Å². The summed E-state index contributed by atoms with van der Waals surface area (Å²) in [5, 5.41) is 0. The van der Waals surface area contributed by atoms with E-state index in [2.05, 4.69) is 23.6 Å². The maximum atomic E-state index is 13.3. The highest BCUT2D eigenvalue weighted by molar-refractivity contribution is 6.07. The van der Waals surface area contributed by atoms with E-state index in [0.29, 0.717) is 29.0 Å². The number of methoxy groups -OCH3 is 2. The van der Waals surface area contributed by atoms with Crippen LogP contribution in [-0.2, 0) is 12.8 Å². The standard InChI is InChI=1S/C27H28NO4.BrH/c1-17(12-19-8-6-5-7-9-19)28-11-10-21(24(16-28)18(2)29)23-13-20-14-25(31-3)26(32-4)15-22(20)27(23)30;/h5-11,14-17,23H,12-13H2,1-4H3;1H/q+1;/p-1. The van der Waals surface area contributed by atoms with E-state index in [1.165, 1.54) is 5.56 Å². The number of ether oxygens (including phenoxy) is 2. The van der Waals surface area contributed by atoms with Crippen molar-refractivity contribution in [2.75, 3.05) is 14.2 Å². The van der Waals surface area contributed by atoms with Crippen LogP contribution in [0.2, 0.25) is 0 Å². The maximum Gasteiger partial charge on any atom is 0.180 e. The summed E-state index contributed by atoms with van der Waals surface area (Å²) in [5.74, 6) is 0.721. The van der Waals surface area contributed by atoms with Gasteiger partial charge in [0.25, 0.3) is 0 Å². The molecule has 1 aliphatic carbocycles. The second-order valence-electron chi connectivity index (χ2n) is 8.34. The fraction of sp³-hybridized carbons (Fsp3) is 0.296. The molecule has 0 saturated carbocycles. The van der Waals surface area contributed by atoms with Crippen molar-refractivity contribution >= 4 is 11.6 Å². The van der Waals surface area contributed by atoms with Gasteiger partial charge in [-0.25, -0.2) is 4.57 Å². The summed E-state index contributed by atoms with van der Waals surface area (Å²) in [6.45, 7) is 3.69. The molecule has 6 heteroatoms. The molecule has 5 nitrogen and oxygen atoms in total. The first kappa shape index (κ1) is 24.6. The van der Waals surface area contributed by atoms with E-state index >= 15 is 0 Å². The normalized spacial score (nSPS) is 15.4. The van der Waals surface area contributed by atoms with Crippen LogP contribution in [0.15, 0.2) is 60.9 Å². The van der Waals surface area contributed by atoms with Crippen LogP contribution in [0.3, 0.4) is 0 Å². The number of hydrogen-bond donors (Lipinski definition) is 0. The SMILES string of the molecule is COc1cc2c(cc1OC)C(=O)C(c1cc[n+](C(C)Cc3ccccc3)cc1C(C)=O)C2.[Br-]. The number of aromatic nitrogens is 1. The highest BCUT2D eigenvalue weighted by Crippen LogP contribution is 2.40. The average molecular weight is 510 g/mol. The molecule has 0 saturated heterocycles. The van der Waals surface area contributed by atoms with E-state index in [0.717, 1.165) is 17.5 Å². The Hall–Kier alpha value is -2.99. The highest BCUT2D eigenvalue weighted by Gasteiger charge is 2.36. The van der Waals surface area contributed by atoms with Gasteiger partial charge in [-0.1, -0.05) is 30.3 Å². The molecule has 1 heterocycles. The number of nitrogens with zero attached hydrogens (tertiary/aromatic N) is 1. The molecular weight excluding hydrogens is 482 g/mol. The molecule has 3 aromatic rings. The zero-order valence-electron chi connectivity index (χ0n) is 19.3. The first-order valence-corrected chi connectivity index (χ1v) is 10.8. The van der Waals surface area contributed by atoms with Crippen LogP contribution in [-0.4, -0.2) is 25.8 Å². The van der Waals surface area contributed by atoms with Gasteiger partial charge >= 0.3 is 0 Å². The van der Waals surface area contributed by atoms with Gasteiger partial charge in [-0.3, -0.25) is 9.59 Å². The van der Waals surface area contributed by atoms with Gasteiger partial charge in [-0.05, 0) is 49.1 Å². The summed E-state index contributed by atoms with van der Waals surface area (Å²) in [4.78, 5) is 25.9. The molecule has 33 heavy (non-hydrogen) atoms. The smallest absolute Gasteiger partial charge is 0.180 e. The first-order chi connectivity index (χ1) is 15.4. The molecule has 0 bridgehead atoms. The van der Waals surface area contributed by atoms with Gasteiger partial charge in [-0.15, -0.1) is 0 Å². The predicted molar refractivity (Wildman–Crippen MR) is 122 cm³/mol. The van der Waals surface area contributed by atoms with Gasteiger partial charge in [-0.2, -0.15) is 0 Å². The lowest BCUT2D eigenvalue weighted by Crippen LogP contribution is -3.00. The third-order valence-corrected chi connectivity index (χ3v) is 6.27. The van der Waals surface area contributed by atoms with Crippen molar-refractivity contribution in [2.24, 2.45) is 0 Å². The minimum atomic E-state index is -0.389. The number of hydrogen-bond acceptors (Lipinski definition) is 4. The van der Waals surface area contributed by atoms with Crippen LogP contribution >= 0.6 is 0 Å². The van der Waals surface area contributed by atoms with Gasteiger partial charge in [0.05, 0.1) is 25.7 Å². The van der Waals surface area contributed by atoms with Crippen LogP contribution in [0.25, 0.3) is 0 Å². The molecule has 1 aliphatic rings. The summed E-state index contributed by atoms with van der Waals surface area (Å²) >= 11 is 0. The highest BCUT2D eigenvalue weighted by atomic mass is 79.9. The number of carbonyl (C=O) groups is 2. The number of halogens is 1. The fourth-order valence-electron chi connectivity index (χ4n) is 4.53. The summed E-state index contributed by atoms with van der Waals surface area (Å²) in [5.41, 5.74) is 4.17. The summed E-state index contributed by atoms with van der Waals surface area (Å²) in [6, 6.07) is 16.0. The van der Waals surface area contributed by atoms with Crippen LogP contribution in [0.1, 0.15) is 63.2 Å². The Bertz CT molecular complexity index is 1180. The van der Waals surface area contributed by atoms with Crippen molar-refractivity contribution in [1.82, 2.24) is 0 Å². The third kappa shape index (κ3) is 4.86. The average Bonchev–Trinajstić information content (AvgIpc) is 3.13. The van der Waals surface area contributed by atoms with Crippen LogP contribution < -0.4 is 31.0 Å². The van der Waals surface area contributed by atoms with E-state index in [4.69, 9.17) is 9.47 Å². The van der Waals surface area contributed by atoms with Gasteiger partial charge < -0.3 is 26.5 Å². The maximum absolute atomic E-state index is 13.3. The van der Waals surface area contributed by atoms with Gasteiger partial charge in [0.1, 0.15) is 0 Å². The molecular formula is C27H28BrNO4. The fourth-order valence-corrected chi connectivity index (χ4v) is 4.53. The molecule has 2 aromatic carbocycles. The lowest BCUT2D eigenvalue weighted by molar-refractivity contribution is -0.719. The van der Waals surface area contributed by atoms with E-state index < -0.39 is 0 Å². The number of pyridine rings is 1. The Morgan fingerprint density at radius 2 is 1.76 bits per heavy atom. The van der Waals surface area contributed by atoms with Crippen LogP contribution in [0.5, 0.6) is 11.5 Å². The summed E-state index contributed by atoms with van der Waals surface area (Å²) in [6.07, 6.45) is 5.27. The Labute approximate surface area is 205 Å². The molecule has 0 spiro atoms. The number of Topliss-reactive ketones (excluding diaryl/α,β-unsaturated/α-hetero) is 2. The molecule has 0 radical (unpaired) electrons.